The first-order chi connectivity index (χ1) is 9.22. The summed E-state index contributed by atoms with van der Waals surface area (Å²) in [5.74, 6) is 0. The molecule has 96 valence electrons. The Morgan fingerprint density at radius 1 is 1.26 bits per heavy atom. The van der Waals surface area contributed by atoms with Gasteiger partial charge in [-0.2, -0.15) is 5.10 Å². The maximum absolute atomic E-state index is 11.8. The first-order valence-corrected chi connectivity index (χ1v) is 5.86. The molecular weight excluding hydrogens is 238 g/mol. The van der Waals surface area contributed by atoms with Crippen molar-refractivity contribution in [3.8, 4) is 11.1 Å². The van der Waals surface area contributed by atoms with Crippen LogP contribution >= 0.6 is 0 Å². The van der Waals surface area contributed by atoms with Crippen molar-refractivity contribution < 1.29 is 0 Å². The molecule has 0 saturated heterocycles. The molecule has 0 atom stereocenters. The Morgan fingerprint density at radius 3 is 2.68 bits per heavy atom. The molecule has 2 rings (SSSR count). The Kier molecular flexibility index (Phi) is 3.61. The van der Waals surface area contributed by atoms with Gasteiger partial charge in [0.15, 0.2) is 0 Å². The van der Waals surface area contributed by atoms with Crippen LogP contribution in [0.25, 0.3) is 23.3 Å². The number of nitrogens with zero attached hydrogens (tertiary/aromatic N) is 1. The van der Waals surface area contributed by atoms with Crippen molar-refractivity contribution in [1.29, 1.82) is 0 Å². The van der Waals surface area contributed by atoms with Gasteiger partial charge in [0.25, 0.3) is 5.56 Å². The summed E-state index contributed by atoms with van der Waals surface area (Å²) >= 11 is 0. The van der Waals surface area contributed by atoms with Crippen LogP contribution in [0.1, 0.15) is 11.1 Å². The number of benzene rings is 1. The van der Waals surface area contributed by atoms with Crippen molar-refractivity contribution in [3.63, 3.8) is 0 Å². The van der Waals surface area contributed by atoms with Crippen molar-refractivity contribution >= 4 is 17.8 Å². The summed E-state index contributed by atoms with van der Waals surface area (Å²) in [4.78, 5) is 11.8. The van der Waals surface area contributed by atoms with Gasteiger partial charge in [-0.05, 0) is 16.7 Å². The number of H-pyrrole nitrogens is 1. The predicted molar refractivity (Wildman–Crippen MR) is 80.0 cm³/mol. The zero-order valence-electron chi connectivity index (χ0n) is 10.7. The molecular formula is C15H15N3O. The van der Waals surface area contributed by atoms with E-state index in [1.54, 1.807) is 25.4 Å². The van der Waals surface area contributed by atoms with Crippen molar-refractivity contribution in [1.82, 2.24) is 10.2 Å². The smallest absolute Gasteiger partial charge is 0.288 e. The molecule has 1 aromatic heterocycles. The van der Waals surface area contributed by atoms with Gasteiger partial charge in [-0.3, -0.25) is 4.79 Å². The van der Waals surface area contributed by atoms with Crippen LogP contribution in [0.2, 0.25) is 0 Å². The Balaban J connectivity index is 2.79. The van der Waals surface area contributed by atoms with E-state index < -0.39 is 0 Å². The second kappa shape index (κ2) is 5.35. The number of anilines is 1. The highest BCUT2D eigenvalue weighted by Gasteiger charge is 2.12. The molecule has 19 heavy (non-hydrogen) atoms. The normalized spacial score (nSPS) is 9.95. The topological polar surface area (TPSA) is 57.8 Å². The molecule has 1 aromatic carbocycles. The monoisotopic (exact) mass is 253 g/mol. The molecule has 0 saturated carbocycles. The molecule has 2 N–H and O–H groups in total. The molecule has 0 fully saturated rings. The Hall–Kier alpha value is -2.62. The molecule has 0 unspecified atom stereocenters. The third-order valence-corrected chi connectivity index (χ3v) is 2.96. The highest BCUT2D eigenvalue weighted by Crippen LogP contribution is 2.30. The van der Waals surface area contributed by atoms with Crippen LogP contribution in [0.4, 0.5) is 5.69 Å². The van der Waals surface area contributed by atoms with E-state index in [9.17, 15) is 4.79 Å². The van der Waals surface area contributed by atoms with E-state index in [2.05, 4.69) is 28.7 Å². The van der Waals surface area contributed by atoms with Crippen molar-refractivity contribution in [2.45, 2.75) is 0 Å². The van der Waals surface area contributed by atoms with E-state index in [0.29, 0.717) is 5.69 Å². The van der Waals surface area contributed by atoms with Crippen LogP contribution in [-0.2, 0) is 0 Å². The van der Waals surface area contributed by atoms with Gasteiger partial charge < -0.3 is 5.32 Å². The zero-order chi connectivity index (χ0) is 13.8. The van der Waals surface area contributed by atoms with Gasteiger partial charge in [0.05, 0.1) is 6.20 Å². The van der Waals surface area contributed by atoms with Gasteiger partial charge in [0.2, 0.25) is 0 Å². The summed E-state index contributed by atoms with van der Waals surface area (Å²) in [6, 6.07) is 5.80. The van der Waals surface area contributed by atoms with Crippen LogP contribution < -0.4 is 10.9 Å². The number of hydrogen-bond donors (Lipinski definition) is 2. The van der Waals surface area contributed by atoms with Crippen LogP contribution in [0.3, 0.4) is 0 Å². The van der Waals surface area contributed by atoms with E-state index in [4.69, 9.17) is 0 Å². The summed E-state index contributed by atoms with van der Waals surface area (Å²) in [5.41, 5.74) is 3.77. The van der Waals surface area contributed by atoms with Gasteiger partial charge >= 0.3 is 0 Å². The molecule has 4 nitrogen and oxygen atoms in total. The van der Waals surface area contributed by atoms with Crippen LogP contribution in [0.15, 0.2) is 42.3 Å². The molecule has 0 spiro atoms. The Bertz CT molecular complexity index is 686. The van der Waals surface area contributed by atoms with E-state index in [1.807, 2.05) is 18.2 Å². The lowest BCUT2D eigenvalue weighted by Crippen LogP contribution is -2.14. The van der Waals surface area contributed by atoms with E-state index in [0.717, 1.165) is 22.3 Å². The third kappa shape index (κ3) is 2.20. The maximum Gasteiger partial charge on any atom is 0.288 e. The van der Waals surface area contributed by atoms with Gasteiger partial charge in [-0.1, -0.05) is 43.5 Å². The van der Waals surface area contributed by atoms with Crippen LogP contribution in [0.5, 0.6) is 0 Å². The molecule has 0 aliphatic heterocycles. The average Bonchev–Trinajstić information content (AvgIpc) is 2.45. The van der Waals surface area contributed by atoms with Gasteiger partial charge in [0.1, 0.15) is 5.69 Å². The summed E-state index contributed by atoms with van der Waals surface area (Å²) in [5, 5.41) is 9.18. The van der Waals surface area contributed by atoms with Crippen LogP contribution in [0, 0.1) is 0 Å². The van der Waals surface area contributed by atoms with Crippen molar-refractivity contribution in [3.05, 3.63) is 59.0 Å². The molecule has 2 aromatic rings. The lowest BCUT2D eigenvalue weighted by atomic mass is 9.95. The SMILES string of the molecule is C=Cc1cccc(-c2cn[nH]c(=O)c2NC)c1C=C. The number of nitrogens with one attached hydrogen (secondary N) is 2. The summed E-state index contributed by atoms with van der Waals surface area (Å²) < 4.78 is 0. The second-order valence-electron chi connectivity index (χ2n) is 3.95. The maximum atomic E-state index is 11.8. The quantitative estimate of drug-likeness (QED) is 0.880. The molecule has 0 amide bonds. The van der Waals surface area contributed by atoms with E-state index in [-0.39, 0.29) is 5.56 Å². The summed E-state index contributed by atoms with van der Waals surface area (Å²) in [7, 11) is 1.71. The molecule has 4 heteroatoms. The van der Waals surface area contributed by atoms with E-state index in [1.165, 1.54) is 0 Å². The molecule has 0 bridgehead atoms. The first kappa shape index (κ1) is 12.8. The predicted octanol–water partition coefficient (Wildman–Crippen LogP) is 2.76. The number of hydrogen-bond acceptors (Lipinski definition) is 3. The fourth-order valence-corrected chi connectivity index (χ4v) is 2.07. The zero-order valence-corrected chi connectivity index (χ0v) is 10.7. The number of aromatic amines is 1. The molecule has 0 radical (unpaired) electrons. The lowest BCUT2D eigenvalue weighted by molar-refractivity contribution is 0.991. The third-order valence-electron chi connectivity index (χ3n) is 2.96. The summed E-state index contributed by atoms with van der Waals surface area (Å²) in [6.45, 7) is 7.62. The lowest BCUT2D eigenvalue weighted by Gasteiger charge is -2.12. The van der Waals surface area contributed by atoms with Crippen LogP contribution in [-0.4, -0.2) is 17.2 Å². The highest BCUT2D eigenvalue weighted by molar-refractivity contribution is 5.85. The van der Waals surface area contributed by atoms with E-state index >= 15 is 0 Å². The Morgan fingerprint density at radius 2 is 2.05 bits per heavy atom. The first-order valence-electron chi connectivity index (χ1n) is 5.86. The van der Waals surface area contributed by atoms with Crippen molar-refractivity contribution in [2.24, 2.45) is 0 Å². The molecule has 1 heterocycles. The minimum Gasteiger partial charge on any atom is -0.383 e. The molecule has 0 aliphatic carbocycles. The molecule has 0 aliphatic rings. The minimum absolute atomic E-state index is 0.251. The fraction of sp³-hybridized carbons (Fsp3) is 0.0667. The minimum atomic E-state index is -0.251. The van der Waals surface area contributed by atoms with Crippen molar-refractivity contribution in [2.75, 3.05) is 12.4 Å². The van der Waals surface area contributed by atoms with Gasteiger partial charge in [0, 0.05) is 12.6 Å². The largest absolute Gasteiger partial charge is 0.383 e. The van der Waals surface area contributed by atoms with Gasteiger partial charge in [-0.15, -0.1) is 0 Å². The highest BCUT2D eigenvalue weighted by atomic mass is 16.1. The Labute approximate surface area is 111 Å². The fourth-order valence-electron chi connectivity index (χ4n) is 2.07. The number of rotatable bonds is 4. The summed E-state index contributed by atoms with van der Waals surface area (Å²) in [6.07, 6.45) is 5.15. The van der Waals surface area contributed by atoms with Gasteiger partial charge in [-0.25, -0.2) is 5.10 Å². The number of aromatic nitrogens is 2. The standard InChI is InChI=1S/C15H15N3O/c1-4-10-7-6-8-12(11(10)5-2)13-9-17-18-15(19)14(13)16-3/h4-9H,1-2H2,3H3,(H,16,17)(H,18,19). The average molecular weight is 253 g/mol. The second-order valence-corrected chi connectivity index (χ2v) is 3.95.